The van der Waals surface area contributed by atoms with Crippen LogP contribution in [-0.4, -0.2) is 19.9 Å². The van der Waals surface area contributed by atoms with Gasteiger partial charge in [0.2, 0.25) is 0 Å². The van der Waals surface area contributed by atoms with Gasteiger partial charge >= 0.3 is 6.17 Å². The van der Waals surface area contributed by atoms with Gasteiger partial charge in [0.15, 0.2) is 0 Å². The van der Waals surface area contributed by atoms with Crippen molar-refractivity contribution in [3.8, 4) is 11.3 Å². The third-order valence-corrected chi connectivity index (χ3v) is 2.27. The van der Waals surface area contributed by atoms with E-state index in [-0.39, 0.29) is 0 Å². The van der Waals surface area contributed by atoms with E-state index in [9.17, 15) is 10.1 Å². The molecule has 82 valence electrons. The first-order valence-electron chi connectivity index (χ1n) is 4.79. The van der Waals surface area contributed by atoms with Gasteiger partial charge in [-0.3, -0.25) is 10.1 Å². The summed E-state index contributed by atoms with van der Waals surface area (Å²) in [6.45, 7) is 1.46. The van der Waals surface area contributed by atoms with Crippen LogP contribution in [0.15, 0.2) is 36.5 Å². The molecule has 1 unspecified atom stereocenters. The van der Waals surface area contributed by atoms with E-state index in [0.717, 1.165) is 5.56 Å². The summed E-state index contributed by atoms with van der Waals surface area (Å²) >= 11 is 0. The van der Waals surface area contributed by atoms with Gasteiger partial charge < -0.3 is 0 Å². The molecule has 0 saturated heterocycles. The second kappa shape index (κ2) is 4.09. The number of rotatable bonds is 3. The normalized spacial score (nSPS) is 12.3. The van der Waals surface area contributed by atoms with Gasteiger partial charge in [0.05, 0.1) is 6.20 Å². The second-order valence-electron chi connectivity index (χ2n) is 3.37. The highest BCUT2D eigenvalue weighted by Gasteiger charge is 2.17. The fraction of sp³-hybridized carbons (Fsp3) is 0.200. The van der Waals surface area contributed by atoms with Crippen LogP contribution in [0.3, 0.4) is 0 Å². The van der Waals surface area contributed by atoms with Gasteiger partial charge in [-0.05, 0) is 0 Å². The summed E-state index contributed by atoms with van der Waals surface area (Å²) in [5.41, 5.74) is 1.53. The number of aromatic nitrogens is 3. The molecule has 0 bridgehead atoms. The molecule has 6 nitrogen and oxygen atoms in total. The molecular formula is C10H10N4O2. The molecule has 6 heteroatoms. The van der Waals surface area contributed by atoms with E-state index in [1.54, 1.807) is 6.20 Å². The van der Waals surface area contributed by atoms with E-state index in [4.69, 9.17) is 0 Å². The van der Waals surface area contributed by atoms with Gasteiger partial charge in [-0.15, -0.1) is 5.10 Å². The molecule has 0 fully saturated rings. The first-order valence-corrected chi connectivity index (χ1v) is 4.79. The minimum Gasteiger partial charge on any atom is -0.262 e. The number of hydrogen-bond acceptors (Lipinski definition) is 4. The highest BCUT2D eigenvalue weighted by molar-refractivity contribution is 5.57. The Hall–Kier alpha value is -2.24. The highest BCUT2D eigenvalue weighted by Crippen LogP contribution is 2.16. The molecule has 1 heterocycles. The number of benzene rings is 1. The molecule has 1 atom stereocenters. The summed E-state index contributed by atoms with van der Waals surface area (Å²) < 4.78 is 1.24. The monoisotopic (exact) mass is 218 g/mol. The Morgan fingerprint density at radius 2 is 2.06 bits per heavy atom. The van der Waals surface area contributed by atoms with Crippen LogP contribution in [0.4, 0.5) is 0 Å². The lowest BCUT2D eigenvalue weighted by Crippen LogP contribution is -2.15. The van der Waals surface area contributed by atoms with Gasteiger partial charge in [-0.25, -0.2) is 0 Å². The molecule has 0 aliphatic heterocycles. The molecule has 2 rings (SSSR count). The maximum absolute atomic E-state index is 10.6. The van der Waals surface area contributed by atoms with E-state index < -0.39 is 11.1 Å². The molecule has 1 aromatic carbocycles. The van der Waals surface area contributed by atoms with Crippen LogP contribution in [-0.2, 0) is 0 Å². The minimum atomic E-state index is -0.898. The van der Waals surface area contributed by atoms with E-state index in [1.165, 1.54) is 11.6 Å². The summed E-state index contributed by atoms with van der Waals surface area (Å²) in [4.78, 5) is 10.1. The first kappa shape index (κ1) is 10.3. The third-order valence-electron chi connectivity index (χ3n) is 2.27. The fourth-order valence-corrected chi connectivity index (χ4v) is 1.30. The lowest BCUT2D eigenvalue weighted by molar-refractivity contribution is -0.545. The largest absolute Gasteiger partial charge is 0.303 e. The van der Waals surface area contributed by atoms with Crippen LogP contribution in [0.1, 0.15) is 13.1 Å². The Labute approximate surface area is 91.7 Å². The Balaban J connectivity index is 2.30. The van der Waals surface area contributed by atoms with Gasteiger partial charge in [0.1, 0.15) is 5.69 Å². The zero-order chi connectivity index (χ0) is 11.5. The standard InChI is InChI=1S/C10H10N4O2/c1-8(14(15)16)13-7-10(11-12-13)9-5-3-2-4-6-9/h2-8H,1H3. The molecule has 16 heavy (non-hydrogen) atoms. The van der Waals surface area contributed by atoms with Crippen molar-refractivity contribution in [3.05, 3.63) is 46.6 Å². The summed E-state index contributed by atoms with van der Waals surface area (Å²) in [6.07, 6.45) is 0.674. The molecule has 0 spiro atoms. The first-order chi connectivity index (χ1) is 7.68. The van der Waals surface area contributed by atoms with E-state index in [2.05, 4.69) is 10.3 Å². The van der Waals surface area contributed by atoms with Crippen molar-refractivity contribution in [2.45, 2.75) is 13.1 Å². The summed E-state index contributed by atoms with van der Waals surface area (Å²) in [5.74, 6) is 0. The smallest absolute Gasteiger partial charge is 0.262 e. The predicted molar refractivity (Wildman–Crippen MR) is 57.2 cm³/mol. The van der Waals surface area contributed by atoms with Crippen molar-refractivity contribution >= 4 is 0 Å². The van der Waals surface area contributed by atoms with Gasteiger partial charge in [-0.2, -0.15) is 4.68 Å². The Morgan fingerprint density at radius 3 is 2.69 bits per heavy atom. The summed E-state index contributed by atoms with van der Waals surface area (Å²) in [6, 6.07) is 9.42. The van der Waals surface area contributed by atoms with Crippen LogP contribution in [0, 0.1) is 10.1 Å². The van der Waals surface area contributed by atoms with Crippen LogP contribution in [0.5, 0.6) is 0 Å². The molecule has 2 aromatic rings. The number of nitrogens with zero attached hydrogens (tertiary/aromatic N) is 4. The van der Waals surface area contributed by atoms with Gasteiger partial charge in [0, 0.05) is 17.4 Å². The zero-order valence-corrected chi connectivity index (χ0v) is 8.65. The van der Waals surface area contributed by atoms with Crippen LogP contribution in [0.2, 0.25) is 0 Å². The predicted octanol–water partition coefficient (Wildman–Crippen LogP) is 1.74. The molecule has 0 radical (unpaired) electrons. The summed E-state index contributed by atoms with van der Waals surface area (Å²) in [5, 5.41) is 18.2. The maximum atomic E-state index is 10.6. The third kappa shape index (κ3) is 1.90. The van der Waals surface area contributed by atoms with Gasteiger partial charge in [-0.1, -0.05) is 35.5 Å². The molecule has 0 N–H and O–H groups in total. The quantitative estimate of drug-likeness (QED) is 0.581. The zero-order valence-electron chi connectivity index (χ0n) is 8.65. The molecule has 1 aromatic heterocycles. The molecule has 0 saturated carbocycles. The summed E-state index contributed by atoms with van der Waals surface area (Å²) in [7, 11) is 0. The Bertz CT molecular complexity index is 495. The van der Waals surface area contributed by atoms with Crippen LogP contribution >= 0.6 is 0 Å². The molecule has 0 aliphatic rings. The van der Waals surface area contributed by atoms with Gasteiger partial charge in [0.25, 0.3) is 0 Å². The van der Waals surface area contributed by atoms with Crippen molar-refractivity contribution in [2.24, 2.45) is 0 Å². The topological polar surface area (TPSA) is 73.8 Å². The number of nitro groups is 1. The van der Waals surface area contributed by atoms with E-state index in [0.29, 0.717) is 5.69 Å². The van der Waals surface area contributed by atoms with Crippen molar-refractivity contribution in [2.75, 3.05) is 0 Å². The second-order valence-corrected chi connectivity index (χ2v) is 3.37. The lowest BCUT2D eigenvalue weighted by atomic mass is 10.2. The molecular weight excluding hydrogens is 208 g/mol. The Morgan fingerprint density at radius 1 is 1.38 bits per heavy atom. The van der Waals surface area contributed by atoms with Crippen molar-refractivity contribution in [3.63, 3.8) is 0 Å². The van der Waals surface area contributed by atoms with Crippen molar-refractivity contribution < 1.29 is 4.92 Å². The highest BCUT2D eigenvalue weighted by atomic mass is 16.6. The van der Waals surface area contributed by atoms with Crippen LogP contribution in [0.25, 0.3) is 11.3 Å². The molecule has 0 amide bonds. The number of hydrogen-bond donors (Lipinski definition) is 0. The molecule has 0 aliphatic carbocycles. The maximum Gasteiger partial charge on any atom is 0.303 e. The van der Waals surface area contributed by atoms with E-state index in [1.807, 2.05) is 30.3 Å². The average Bonchev–Trinajstić information content (AvgIpc) is 2.78. The van der Waals surface area contributed by atoms with Crippen molar-refractivity contribution in [1.29, 1.82) is 0 Å². The minimum absolute atomic E-state index is 0.413. The lowest BCUT2D eigenvalue weighted by Gasteiger charge is -2.00. The van der Waals surface area contributed by atoms with Crippen molar-refractivity contribution in [1.82, 2.24) is 15.0 Å². The average molecular weight is 218 g/mol. The Kier molecular flexibility index (Phi) is 2.63. The van der Waals surface area contributed by atoms with E-state index >= 15 is 0 Å². The van der Waals surface area contributed by atoms with Crippen LogP contribution < -0.4 is 0 Å². The fourth-order valence-electron chi connectivity index (χ4n) is 1.30. The SMILES string of the molecule is CC(n1cc(-c2ccccc2)nn1)[N+](=O)[O-].